The Bertz CT molecular complexity index is 381. The molecule has 0 saturated heterocycles. The molecule has 1 amide bonds. The largest absolute Gasteiger partial charge is 0.459 e. The summed E-state index contributed by atoms with van der Waals surface area (Å²) in [6.45, 7) is -2.04. The number of carbonyl (C=O) groups is 2. The summed E-state index contributed by atoms with van der Waals surface area (Å²) in [7, 11) is 1.40. The Hall–Kier alpha value is -1.64. The van der Waals surface area contributed by atoms with Crippen molar-refractivity contribution in [2.75, 3.05) is 26.9 Å². The third kappa shape index (κ3) is 5.69. The van der Waals surface area contributed by atoms with E-state index in [2.05, 4.69) is 14.6 Å². The zero-order valence-corrected chi connectivity index (χ0v) is 10.2. The lowest BCUT2D eigenvalue weighted by molar-refractivity contribution is -0.176. The molecule has 1 heterocycles. The number of carbonyl (C=O) groups excluding carboxylic acids is 2. The summed E-state index contributed by atoms with van der Waals surface area (Å²) >= 11 is 0. The van der Waals surface area contributed by atoms with Crippen LogP contribution < -0.4 is 0 Å². The molecule has 0 N–H and O–H groups in total. The maximum Gasteiger partial charge on any atom is 0.411 e. The van der Waals surface area contributed by atoms with Crippen molar-refractivity contribution in [2.45, 2.75) is 19.0 Å². The van der Waals surface area contributed by atoms with Crippen LogP contribution in [0.15, 0.2) is 5.10 Å². The number of alkyl halides is 3. The predicted molar refractivity (Wildman–Crippen MR) is 57.3 cm³/mol. The van der Waals surface area contributed by atoms with Crippen LogP contribution in [0.4, 0.5) is 13.2 Å². The average Bonchev–Trinajstić information content (AvgIpc) is 2.30. The van der Waals surface area contributed by atoms with E-state index in [9.17, 15) is 22.8 Å². The van der Waals surface area contributed by atoms with Crippen molar-refractivity contribution in [1.82, 2.24) is 5.01 Å². The predicted octanol–water partition coefficient (Wildman–Crippen LogP) is 0.717. The molecule has 0 radical (unpaired) electrons. The summed E-state index contributed by atoms with van der Waals surface area (Å²) in [6.07, 6.45) is -4.10. The Morgan fingerprint density at radius 2 is 2.05 bits per heavy atom. The van der Waals surface area contributed by atoms with Crippen LogP contribution in [0.2, 0.25) is 0 Å². The Balaban J connectivity index is 2.25. The molecule has 0 fully saturated rings. The van der Waals surface area contributed by atoms with Gasteiger partial charge in [-0.3, -0.25) is 4.79 Å². The van der Waals surface area contributed by atoms with Gasteiger partial charge in [0.2, 0.25) is 5.91 Å². The third-order valence-electron chi connectivity index (χ3n) is 2.17. The number of ether oxygens (including phenoxy) is 2. The molecule has 1 aliphatic heterocycles. The molecular formula is C10H13F3N2O4. The molecule has 0 saturated carbocycles. The second-order valence-corrected chi connectivity index (χ2v) is 3.77. The minimum Gasteiger partial charge on any atom is -0.459 e. The molecule has 0 spiro atoms. The van der Waals surface area contributed by atoms with Crippen LogP contribution in [-0.2, 0) is 19.1 Å². The van der Waals surface area contributed by atoms with E-state index >= 15 is 0 Å². The zero-order chi connectivity index (χ0) is 14.5. The van der Waals surface area contributed by atoms with Gasteiger partial charge in [0, 0.05) is 19.9 Å². The van der Waals surface area contributed by atoms with Gasteiger partial charge in [-0.05, 0) is 0 Å². The van der Waals surface area contributed by atoms with Crippen molar-refractivity contribution in [3.63, 3.8) is 0 Å². The van der Waals surface area contributed by atoms with Crippen LogP contribution in [0.5, 0.6) is 0 Å². The summed E-state index contributed by atoms with van der Waals surface area (Å²) in [6, 6.07) is 0. The Kier molecular flexibility index (Phi) is 5.28. The van der Waals surface area contributed by atoms with Gasteiger partial charge in [0.05, 0.1) is 6.61 Å². The fourth-order valence-corrected chi connectivity index (χ4v) is 1.28. The molecule has 0 aromatic heterocycles. The normalized spacial score (nSPS) is 16.3. The highest BCUT2D eigenvalue weighted by Gasteiger charge is 2.27. The molecule has 1 rings (SSSR count). The van der Waals surface area contributed by atoms with Gasteiger partial charge < -0.3 is 9.47 Å². The van der Waals surface area contributed by atoms with E-state index in [1.807, 2.05) is 0 Å². The van der Waals surface area contributed by atoms with E-state index in [0.717, 1.165) is 5.01 Å². The average molecular weight is 282 g/mol. The van der Waals surface area contributed by atoms with Gasteiger partial charge in [-0.1, -0.05) is 0 Å². The summed E-state index contributed by atoms with van der Waals surface area (Å²) < 4.78 is 44.1. The summed E-state index contributed by atoms with van der Waals surface area (Å²) in [4.78, 5) is 22.5. The molecular weight excluding hydrogens is 269 g/mol. The minimum absolute atomic E-state index is 0.0675. The SMILES string of the molecule is CN1N=C(C(=O)OCCOCC(F)(F)F)CCC1=O. The number of esters is 1. The molecule has 0 aliphatic carbocycles. The first-order valence-corrected chi connectivity index (χ1v) is 5.45. The van der Waals surface area contributed by atoms with Crippen molar-refractivity contribution >= 4 is 17.6 Å². The molecule has 6 nitrogen and oxygen atoms in total. The lowest BCUT2D eigenvalue weighted by Crippen LogP contribution is -2.32. The summed E-state index contributed by atoms with van der Waals surface area (Å²) in [5, 5.41) is 4.73. The Labute approximate surface area is 107 Å². The van der Waals surface area contributed by atoms with Crippen molar-refractivity contribution < 1.29 is 32.2 Å². The highest BCUT2D eigenvalue weighted by molar-refractivity contribution is 6.37. The van der Waals surface area contributed by atoms with Crippen molar-refractivity contribution in [2.24, 2.45) is 5.10 Å². The fraction of sp³-hybridized carbons (Fsp3) is 0.700. The first kappa shape index (κ1) is 15.4. The standard InChI is InChI=1S/C10H13F3N2O4/c1-15-8(16)3-2-7(14-15)9(17)19-5-4-18-6-10(11,12)13/h2-6H2,1H3. The van der Waals surface area contributed by atoms with Crippen LogP contribution in [-0.4, -0.2) is 55.6 Å². The smallest absolute Gasteiger partial charge is 0.411 e. The molecule has 19 heavy (non-hydrogen) atoms. The molecule has 9 heteroatoms. The lowest BCUT2D eigenvalue weighted by Gasteiger charge is -2.18. The van der Waals surface area contributed by atoms with E-state index in [1.54, 1.807) is 0 Å². The van der Waals surface area contributed by atoms with Crippen LogP contribution in [0, 0.1) is 0 Å². The van der Waals surface area contributed by atoms with Crippen molar-refractivity contribution in [3.05, 3.63) is 0 Å². The number of halogens is 3. The molecule has 0 aromatic carbocycles. The van der Waals surface area contributed by atoms with Gasteiger partial charge in [0.25, 0.3) is 0 Å². The first-order valence-electron chi connectivity index (χ1n) is 5.45. The first-order chi connectivity index (χ1) is 8.79. The number of hydrogen-bond donors (Lipinski definition) is 0. The molecule has 0 bridgehead atoms. The van der Waals surface area contributed by atoms with E-state index in [1.165, 1.54) is 7.05 Å². The van der Waals surface area contributed by atoms with Gasteiger partial charge >= 0.3 is 12.1 Å². The third-order valence-corrected chi connectivity index (χ3v) is 2.17. The zero-order valence-electron chi connectivity index (χ0n) is 10.2. The highest BCUT2D eigenvalue weighted by Crippen LogP contribution is 2.14. The van der Waals surface area contributed by atoms with Crippen LogP contribution in [0.25, 0.3) is 0 Å². The Morgan fingerprint density at radius 1 is 1.37 bits per heavy atom. The van der Waals surface area contributed by atoms with Crippen LogP contribution in [0.1, 0.15) is 12.8 Å². The molecule has 0 atom stereocenters. The topological polar surface area (TPSA) is 68.2 Å². The fourth-order valence-electron chi connectivity index (χ4n) is 1.28. The number of hydrogen-bond acceptors (Lipinski definition) is 5. The summed E-state index contributed by atoms with van der Waals surface area (Å²) in [5.74, 6) is -0.972. The van der Waals surface area contributed by atoms with Gasteiger partial charge in [-0.25, -0.2) is 9.80 Å². The van der Waals surface area contributed by atoms with Gasteiger partial charge in [0.15, 0.2) is 0 Å². The number of amides is 1. The van der Waals surface area contributed by atoms with Crippen molar-refractivity contribution in [1.29, 1.82) is 0 Å². The lowest BCUT2D eigenvalue weighted by atomic mass is 10.2. The van der Waals surface area contributed by atoms with Gasteiger partial charge in [-0.15, -0.1) is 0 Å². The monoisotopic (exact) mass is 282 g/mol. The number of nitrogens with zero attached hydrogens (tertiary/aromatic N) is 2. The minimum atomic E-state index is -4.40. The van der Waals surface area contributed by atoms with E-state index in [-0.39, 0.29) is 37.7 Å². The second-order valence-electron chi connectivity index (χ2n) is 3.77. The molecule has 0 unspecified atom stereocenters. The molecule has 1 aliphatic rings. The Morgan fingerprint density at radius 3 is 2.63 bits per heavy atom. The molecule has 0 aromatic rings. The van der Waals surface area contributed by atoms with E-state index in [4.69, 9.17) is 0 Å². The number of hydrazone groups is 1. The van der Waals surface area contributed by atoms with Crippen molar-refractivity contribution in [3.8, 4) is 0 Å². The van der Waals surface area contributed by atoms with Gasteiger partial charge in [0.1, 0.15) is 18.9 Å². The van der Waals surface area contributed by atoms with Crippen LogP contribution in [0.3, 0.4) is 0 Å². The number of rotatable bonds is 5. The second kappa shape index (κ2) is 6.50. The summed E-state index contributed by atoms with van der Waals surface area (Å²) in [5.41, 5.74) is 0.0675. The highest BCUT2D eigenvalue weighted by atomic mass is 19.4. The van der Waals surface area contributed by atoms with E-state index in [0.29, 0.717) is 0 Å². The maximum atomic E-state index is 11.7. The van der Waals surface area contributed by atoms with Gasteiger partial charge in [-0.2, -0.15) is 18.3 Å². The molecule has 108 valence electrons. The van der Waals surface area contributed by atoms with Crippen LogP contribution >= 0.6 is 0 Å². The maximum absolute atomic E-state index is 11.7. The van der Waals surface area contributed by atoms with E-state index < -0.39 is 18.8 Å². The quantitative estimate of drug-likeness (QED) is 0.550.